The third-order valence-electron chi connectivity index (χ3n) is 7.70. The van der Waals surface area contributed by atoms with E-state index in [1.54, 1.807) is 21.6 Å². The number of anilines is 1. The van der Waals surface area contributed by atoms with Crippen molar-refractivity contribution in [3.05, 3.63) is 82.1 Å². The standard InChI is InChI=1S/C28H36N4O6S2/c1-18(10-25-27(2,3)21-12-19(14-29)6-8-23(21)31(25)16-39(33,34)35)11-26-28(4,5)22-13-20(15-30)7-9-24(22)32(26)17-40(36,37)38/h6-13H,14-17,29-30H2,1-5H3,(H-,33,34,35,36,37,38)/p+1. The van der Waals surface area contributed by atoms with E-state index in [4.69, 9.17) is 11.5 Å². The van der Waals surface area contributed by atoms with Crippen LogP contribution in [0, 0.1) is 0 Å². The lowest BCUT2D eigenvalue weighted by Crippen LogP contribution is -2.31. The second kappa shape index (κ2) is 10.2. The van der Waals surface area contributed by atoms with Gasteiger partial charge in [-0.15, -0.1) is 0 Å². The summed E-state index contributed by atoms with van der Waals surface area (Å²) in [7, 11) is -8.75. The molecule has 0 radical (unpaired) electrons. The average Bonchev–Trinajstić information content (AvgIpc) is 3.16. The predicted molar refractivity (Wildman–Crippen MR) is 157 cm³/mol. The fraction of sp³-hybridized carbons (Fsp3) is 0.393. The lowest BCUT2D eigenvalue weighted by atomic mass is 9.80. The number of hydrogen-bond donors (Lipinski definition) is 4. The molecule has 0 bridgehead atoms. The Bertz CT molecular complexity index is 1690. The molecule has 0 atom stereocenters. The van der Waals surface area contributed by atoms with Crippen molar-refractivity contribution in [2.24, 2.45) is 11.5 Å². The second-order valence-electron chi connectivity index (χ2n) is 11.4. The van der Waals surface area contributed by atoms with Gasteiger partial charge in [-0.05, 0) is 61.2 Å². The van der Waals surface area contributed by atoms with Crippen molar-refractivity contribution in [2.75, 3.05) is 16.7 Å². The van der Waals surface area contributed by atoms with Crippen LogP contribution in [0.15, 0.2) is 59.8 Å². The third-order valence-corrected chi connectivity index (χ3v) is 8.87. The topological polar surface area (TPSA) is 167 Å². The molecular formula is C28H37N4O6S2+. The first-order valence-corrected chi connectivity index (χ1v) is 16.0. The van der Waals surface area contributed by atoms with Crippen LogP contribution in [0.3, 0.4) is 0 Å². The summed E-state index contributed by atoms with van der Waals surface area (Å²) in [5.41, 5.74) is 17.3. The summed E-state index contributed by atoms with van der Waals surface area (Å²) in [5.74, 6) is -1.26. The molecular weight excluding hydrogens is 552 g/mol. The SMILES string of the molecule is CC(=CC1=[N+](CS(=O)(=O)O)c2ccc(CN)cc2C1(C)C)/C=C1/N(CS(=O)(=O)O)c2ccc(CN)cc2C1(C)C. The van der Waals surface area contributed by atoms with Gasteiger partial charge in [-0.2, -0.15) is 21.4 Å². The van der Waals surface area contributed by atoms with E-state index in [-0.39, 0.29) is 0 Å². The largest absolute Gasteiger partial charge is 0.327 e. The van der Waals surface area contributed by atoms with Crippen molar-refractivity contribution in [3.63, 3.8) is 0 Å². The summed E-state index contributed by atoms with van der Waals surface area (Å²) < 4.78 is 69.3. The lowest BCUT2D eigenvalue weighted by Gasteiger charge is -2.26. The average molecular weight is 590 g/mol. The van der Waals surface area contributed by atoms with E-state index in [1.807, 2.05) is 71.0 Å². The maximum atomic E-state index is 12.0. The third kappa shape index (κ3) is 5.65. The van der Waals surface area contributed by atoms with Crippen LogP contribution in [-0.4, -0.2) is 48.0 Å². The van der Waals surface area contributed by atoms with E-state index in [0.29, 0.717) is 41.4 Å². The molecule has 0 saturated heterocycles. The van der Waals surface area contributed by atoms with E-state index >= 15 is 0 Å². The van der Waals surface area contributed by atoms with Crippen molar-refractivity contribution in [3.8, 4) is 0 Å². The molecule has 12 heteroatoms. The molecule has 40 heavy (non-hydrogen) atoms. The maximum absolute atomic E-state index is 12.0. The molecule has 2 heterocycles. The first-order valence-electron chi connectivity index (χ1n) is 12.8. The molecule has 2 aliphatic rings. The minimum Gasteiger partial charge on any atom is -0.327 e. The van der Waals surface area contributed by atoms with Crippen LogP contribution in [0.5, 0.6) is 0 Å². The predicted octanol–water partition coefficient (Wildman–Crippen LogP) is 3.30. The van der Waals surface area contributed by atoms with Gasteiger partial charge in [0.05, 0.1) is 5.41 Å². The van der Waals surface area contributed by atoms with Crippen LogP contribution in [0.1, 0.15) is 56.9 Å². The zero-order valence-electron chi connectivity index (χ0n) is 23.3. The highest BCUT2D eigenvalue weighted by Crippen LogP contribution is 2.49. The molecule has 2 aromatic carbocycles. The van der Waals surface area contributed by atoms with Crippen molar-refractivity contribution >= 4 is 37.3 Å². The van der Waals surface area contributed by atoms with Gasteiger partial charge < -0.3 is 16.4 Å². The summed E-state index contributed by atoms with van der Waals surface area (Å²) in [6.07, 6.45) is 3.69. The molecule has 6 N–H and O–H groups in total. The highest BCUT2D eigenvalue weighted by Gasteiger charge is 2.46. The van der Waals surface area contributed by atoms with Crippen molar-refractivity contribution in [2.45, 2.75) is 58.5 Å². The Morgan fingerprint density at radius 3 is 2.02 bits per heavy atom. The Labute approximate surface area is 236 Å². The maximum Gasteiger partial charge on any atom is 0.326 e. The number of nitrogens with two attached hydrogens (primary N) is 2. The van der Waals surface area contributed by atoms with Gasteiger partial charge in [0.15, 0.2) is 11.6 Å². The Hall–Kier alpha value is -2.87. The Morgan fingerprint density at radius 2 is 1.48 bits per heavy atom. The van der Waals surface area contributed by atoms with Gasteiger partial charge in [-0.25, -0.2) is 0 Å². The molecule has 2 aliphatic heterocycles. The molecule has 0 fully saturated rings. The molecule has 0 aromatic heterocycles. The molecule has 0 aliphatic carbocycles. The number of rotatable bonds is 8. The smallest absolute Gasteiger partial charge is 0.326 e. The highest BCUT2D eigenvalue weighted by atomic mass is 32.2. The minimum atomic E-state index is -4.38. The number of fused-ring (bicyclic) bond motifs is 2. The Kier molecular flexibility index (Phi) is 7.67. The van der Waals surface area contributed by atoms with E-state index < -0.39 is 42.8 Å². The van der Waals surface area contributed by atoms with Gasteiger partial charge in [0.2, 0.25) is 5.69 Å². The molecule has 2 aromatic rings. The van der Waals surface area contributed by atoms with Crippen LogP contribution in [0.4, 0.5) is 11.4 Å². The van der Waals surface area contributed by atoms with Crippen molar-refractivity contribution in [1.29, 1.82) is 0 Å². The number of allylic oxidation sites excluding steroid dienone is 4. The van der Waals surface area contributed by atoms with E-state index in [1.165, 1.54) is 0 Å². The van der Waals surface area contributed by atoms with Crippen LogP contribution in [-0.2, 0) is 44.2 Å². The van der Waals surface area contributed by atoms with Gasteiger partial charge in [0.25, 0.3) is 16.0 Å². The van der Waals surface area contributed by atoms with Crippen LogP contribution in [0.2, 0.25) is 0 Å². The van der Waals surface area contributed by atoms with Crippen molar-refractivity contribution < 1.29 is 30.5 Å². The van der Waals surface area contributed by atoms with Crippen LogP contribution in [0.25, 0.3) is 0 Å². The summed E-state index contributed by atoms with van der Waals surface area (Å²) in [5, 5.41) is 0. The normalized spacial score (nSPS) is 19.4. The van der Waals surface area contributed by atoms with Gasteiger partial charge in [-0.1, -0.05) is 32.0 Å². The second-order valence-corrected chi connectivity index (χ2v) is 14.3. The molecule has 10 nitrogen and oxygen atoms in total. The summed E-state index contributed by atoms with van der Waals surface area (Å²) in [6, 6.07) is 11.2. The van der Waals surface area contributed by atoms with Gasteiger partial charge >= 0.3 is 10.1 Å². The molecule has 0 unspecified atom stereocenters. The molecule has 0 amide bonds. The van der Waals surface area contributed by atoms with E-state index in [9.17, 15) is 25.9 Å². The summed E-state index contributed by atoms with van der Waals surface area (Å²) in [4.78, 5) is 1.57. The lowest BCUT2D eigenvalue weighted by molar-refractivity contribution is -0.416. The van der Waals surface area contributed by atoms with Crippen LogP contribution < -0.4 is 16.4 Å². The van der Waals surface area contributed by atoms with Crippen molar-refractivity contribution in [1.82, 2.24) is 0 Å². The van der Waals surface area contributed by atoms with Gasteiger partial charge in [0.1, 0.15) is 0 Å². The number of hydrogen-bond acceptors (Lipinski definition) is 7. The van der Waals surface area contributed by atoms with Gasteiger partial charge in [0, 0.05) is 47.6 Å². The first kappa shape index (κ1) is 30.1. The van der Waals surface area contributed by atoms with Crippen LogP contribution >= 0.6 is 0 Å². The van der Waals surface area contributed by atoms with E-state index in [0.717, 1.165) is 22.3 Å². The number of nitrogens with zero attached hydrogens (tertiary/aromatic N) is 2. The van der Waals surface area contributed by atoms with E-state index in [2.05, 4.69) is 0 Å². The minimum absolute atomic E-state index is 0.322. The molecule has 0 spiro atoms. The fourth-order valence-electron chi connectivity index (χ4n) is 5.70. The Morgan fingerprint density at radius 1 is 0.900 bits per heavy atom. The van der Waals surface area contributed by atoms with Gasteiger partial charge in [-0.3, -0.25) is 9.11 Å². The molecule has 216 valence electrons. The first-order chi connectivity index (χ1) is 18.4. The quantitative estimate of drug-likeness (QED) is 0.267. The summed E-state index contributed by atoms with van der Waals surface area (Å²) in [6.45, 7) is 10.4. The summed E-state index contributed by atoms with van der Waals surface area (Å²) >= 11 is 0. The molecule has 4 rings (SSSR count). The number of benzene rings is 2. The zero-order chi connectivity index (χ0) is 29.8. The highest BCUT2D eigenvalue weighted by molar-refractivity contribution is 7.86. The molecule has 0 saturated carbocycles. The fourth-order valence-corrected chi connectivity index (χ4v) is 6.91. The zero-order valence-corrected chi connectivity index (χ0v) is 25.0. The monoisotopic (exact) mass is 589 g/mol. The Balaban J connectivity index is 1.90.